The molecule has 0 N–H and O–H groups in total. The number of halogens is 1. The molecule has 0 bridgehead atoms. The fourth-order valence-corrected chi connectivity index (χ4v) is 3.49. The Morgan fingerprint density at radius 1 is 0.929 bits per heavy atom. The summed E-state index contributed by atoms with van der Waals surface area (Å²) in [5.41, 5.74) is 3.65. The first kappa shape index (κ1) is 18.4. The number of nitrogens with zero attached hydrogens (tertiary/aromatic N) is 4. The molecule has 0 atom stereocenters. The van der Waals surface area contributed by atoms with Crippen LogP contribution in [0.2, 0.25) is 5.02 Å². The summed E-state index contributed by atoms with van der Waals surface area (Å²) in [6.45, 7) is 4.83. The average Bonchev–Trinajstić information content (AvgIpc) is 2.74. The first-order valence-corrected chi connectivity index (χ1v) is 9.68. The van der Waals surface area contributed by atoms with Crippen LogP contribution in [0.3, 0.4) is 0 Å². The molecule has 1 saturated heterocycles. The Labute approximate surface area is 169 Å². The van der Waals surface area contributed by atoms with Crippen molar-refractivity contribution < 1.29 is 4.79 Å². The number of anilines is 1. The zero-order chi connectivity index (χ0) is 19.5. The lowest BCUT2D eigenvalue weighted by Gasteiger charge is -2.35. The number of amides is 1. The van der Waals surface area contributed by atoms with Crippen molar-refractivity contribution in [2.45, 2.75) is 6.92 Å². The molecule has 0 spiro atoms. The van der Waals surface area contributed by atoms with E-state index in [1.54, 1.807) is 0 Å². The van der Waals surface area contributed by atoms with Gasteiger partial charge in [0.15, 0.2) is 5.82 Å². The lowest BCUT2D eigenvalue weighted by molar-refractivity contribution is 0.0746. The van der Waals surface area contributed by atoms with Gasteiger partial charge in [-0.1, -0.05) is 41.4 Å². The smallest absolute Gasteiger partial charge is 0.253 e. The van der Waals surface area contributed by atoms with Gasteiger partial charge in [0.1, 0.15) is 0 Å². The standard InChI is InChI=1S/C22H21ClN4O/c1-16-3-2-4-18(15-16)22(28)27-13-11-26(12-14-27)21-10-9-20(24-25-21)17-5-7-19(23)8-6-17/h2-10,15H,11-14H2,1H3. The molecule has 1 aliphatic rings. The third kappa shape index (κ3) is 3.99. The maximum absolute atomic E-state index is 12.7. The minimum atomic E-state index is 0.0903. The number of carbonyl (C=O) groups excluding carboxylic acids is 1. The van der Waals surface area contributed by atoms with Crippen LogP contribution in [0.1, 0.15) is 15.9 Å². The first-order chi connectivity index (χ1) is 13.6. The third-order valence-corrected chi connectivity index (χ3v) is 5.20. The number of piperazine rings is 1. The minimum Gasteiger partial charge on any atom is -0.352 e. The van der Waals surface area contributed by atoms with Crippen LogP contribution < -0.4 is 4.90 Å². The van der Waals surface area contributed by atoms with Crippen LogP contribution in [-0.4, -0.2) is 47.2 Å². The van der Waals surface area contributed by atoms with Gasteiger partial charge in [-0.15, -0.1) is 10.2 Å². The molecule has 4 rings (SSSR count). The summed E-state index contributed by atoms with van der Waals surface area (Å²) in [7, 11) is 0. The number of carbonyl (C=O) groups is 1. The van der Waals surface area contributed by atoms with E-state index in [1.807, 2.05) is 72.5 Å². The van der Waals surface area contributed by atoms with Gasteiger partial charge in [0, 0.05) is 42.3 Å². The molecule has 1 amide bonds. The largest absolute Gasteiger partial charge is 0.352 e. The number of hydrogen-bond acceptors (Lipinski definition) is 4. The molecule has 142 valence electrons. The number of hydrogen-bond donors (Lipinski definition) is 0. The second-order valence-electron chi connectivity index (χ2n) is 6.93. The third-order valence-electron chi connectivity index (χ3n) is 4.95. The fourth-order valence-electron chi connectivity index (χ4n) is 3.37. The number of aryl methyl sites for hydroxylation is 1. The van der Waals surface area contributed by atoms with Crippen LogP contribution >= 0.6 is 11.6 Å². The van der Waals surface area contributed by atoms with Crippen molar-refractivity contribution in [1.82, 2.24) is 15.1 Å². The topological polar surface area (TPSA) is 49.3 Å². The van der Waals surface area contributed by atoms with E-state index in [0.717, 1.165) is 41.3 Å². The van der Waals surface area contributed by atoms with Crippen LogP contribution in [0, 0.1) is 6.92 Å². The normalized spacial score (nSPS) is 14.2. The Morgan fingerprint density at radius 2 is 1.68 bits per heavy atom. The number of aromatic nitrogens is 2. The van der Waals surface area contributed by atoms with Crippen LogP contribution in [0.4, 0.5) is 5.82 Å². The monoisotopic (exact) mass is 392 g/mol. The van der Waals surface area contributed by atoms with Gasteiger partial charge < -0.3 is 9.80 Å². The lowest BCUT2D eigenvalue weighted by atomic mass is 10.1. The maximum Gasteiger partial charge on any atom is 0.253 e. The Kier molecular flexibility index (Phi) is 5.26. The molecule has 0 radical (unpaired) electrons. The van der Waals surface area contributed by atoms with Gasteiger partial charge in [-0.05, 0) is 43.3 Å². The van der Waals surface area contributed by atoms with E-state index >= 15 is 0 Å². The van der Waals surface area contributed by atoms with Gasteiger partial charge in [0.05, 0.1) is 5.69 Å². The number of benzene rings is 2. The van der Waals surface area contributed by atoms with Crippen molar-refractivity contribution in [3.8, 4) is 11.3 Å². The summed E-state index contributed by atoms with van der Waals surface area (Å²) in [6.07, 6.45) is 0. The Morgan fingerprint density at radius 3 is 2.32 bits per heavy atom. The second kappa shape index (κ2) is 7.98. The fraction of sp³-hybridized carbons (Fsp3) is 0.227. The predicted molar refractivity (Wildman–Crippen MR) is 112 cm³/mol. The summed E-state index contributed by atoms with van der Waals surface area (Å²) >= 11 is 5.94. The van der Waals surface area contributed by atoms with E-state index in [1.165, 1.54) is 0 Å². The molecule has 28 heavy (non-hydrogen) atoms. The molecular weight excluding hydrogens is 372 g/mol. The molecule has 1 fully saturated rings. The zero-order valence-electron chi connectivity index (χ0n) is 15.7. The Hall–Kier alpha value is -2.92. The maximum atomic E-state index is 12.7. The van der Waals surface area contributed by atoms with Gasteiger partial charge in [0.2, 0.25) is 0 Å². The van der Waals surface area contributed by atoms with Gasteiger partial charge in [-0.3, -0.25) is 4.79 Å². The Bertz CT molecular complexity index is 965. The second-order valence-corrected chi connectivity index (χ2v) is 7.37. The van der Waals surface area contributed by atoms with Gasteiger partial charge in [0.25, 0.3) is 5.91 Å². The van der Waals surface area contributed by atoms with Crippen LogP contribution in [-0.2, 0) is 0 Å². The SMILES string of the molecule is Cc1cccc(C(=O)N2CCN(c3ccc(-c4ccc(Cl)cc4)nn3)CC2)c1. The molecule has 5 nitrogen and oxygen atoms in total. The number of rotatable bonds is 3. The van der Waals surface area contributed by atoms with Crippen molar-refractivity contribution in [2.75, 3.05) is 31.1 Å². The van der Waals surface area contributed by atoms with Crippen LogP contribution in [0.5, 0.6) is 0 Å². The Balaban J connectivity index is 1.39. The molecular formula is C22H21ClN4O. The van der Waals surface area contributed by atoms with Gasteiger partial charge in [-0.2, -0.15) is 0 Å². The van der Waals surface area contributed by atoms with Gasteiger partial charge in [-0.25, -0.2) is 0 Å². The molecule has 2 heterocycles. The van der Waals surface area contributed by atoms with E-state index in [-0.39, 0.29) is 5.91 Å². The van der Waals surface area contributed by atoms with Crippen LogP contribution in [0.15, 0.2) is 60.7 Å². The molecule has 0 saturated carbocycles. The molecule has 3 aromatic rings. The van der Waals surface area contributed by atoms with E-state index < -0.39 is 0 Å². The summed E-state index contributed by atoms with van der Waals surface area (Å²) < 4.78 is 0. The molecule has 6 heteroatoms. The van der Waals surface area contributed by atoms with Crippen molar-refractivity contribution in [2.24, 2.45) is 0 Å². The quantitative estimate of drug-likeness (QED) is 0.674. The highest BCUT2D eigenvalue weighted by Crippen LogP contribution is 2.21. The van der Waals surface area contributed by atoms with Crippen molar-refractivity contribution in [3.63, 3.8) is 0 Å². The van der Waals surface area contributed by atoms with E-state index in [9.17, 15) is 4.79 Å². The minimum absolute atomic E-state index is 0.0903. The molecule has 0 aliphatic carbocycles. The summed E-state index contributed by atoms with van der Waals surface area (Å²) in [6, 6.07) is 19.2. The zero-order valence-corrected chi connectivity index (χ0v) is 16.4. The van der Waals surface area contributed by atoms with Crippen molar-refractivity contribution in [3.05, 3.63) is 76.8 Å². The van der Waals surface area contributed by atoms with Crippen LogP contribution in [0.25, 0.3) is 11.3 Å². The molecule has 1 aliphatic heterocycles. The molecule has 1 aromatic heterocycles. The van der Waals surface area contributed by atoms with Crippen molar-refractivity contribution in [1.29, 1.82) is 0 Å². The highest BCUT2D eigenvalue weighted by atomic mass is 35.5. The van der Waals surface area contributed by atoms with Crippen molar-refractivity contribution >= 4 is 23.3 Å². The summed E-state index contributed by atoms with van der Waals surface area (Å²) in [5.74, 6) is 0.924. The summed E-state index contributed by atoms with van der Waals surface area (Å²) in [5, 5.41) is 9.43. The predicted octanol–water partition coefficient (Wildman–Crippen LogP) is 4.07. The highest BCUT2D eigenvalue weighted by Gasteiger charge is 2.23. The summed E-state index contributed by atoms with van der Waals surface area (Å²) in [4.78, 5) is 16.8. The van der Waals surface area contributed by atoms with Gasteiger partial charge >= 0.3 is 0 Å². The van der Waals surface area contributed by atoms with E-state index in [0.29, 0.717) is 18.1 Å². The molecule has 2 aromatic carbocycles. The van der Waals surface area contributed by atoms with E-state index in [2.05, 4.69) is 15.1 Å². The average molecular weight is 393 g/mol. The van der Waals surface area contributed by atoms with E-state index in [4.69, 9.17) is 11.6 Å². The first-order valence-electron chi connectivity index (χ1n) is 9.31. The molecule has 0 unspecified atom stereocenters. The lowest BCUT2D eigenvalue weighted by Crippen LogP contribution is -2.49. The highest BCUT2D eigenvalue weighted by molar-refractivity contribution is 6.30.